The number of rotatable bonds is 18. The fourth-order valence-corrected chi connectivity index (χ4v) is 13.0. The second-order valence-electron chi connectivity index (χ2n) is 23.4. The van der Waals surface area contributed by atoms with E-state index in [4.69, 9.17) is 24.7 Å². The smallest absolute Gasteiger partial charge is 0.303 e. The number of aliphatic hydroxyl groups is 2. The molecule has 0 radical (unpaired) electrons. The number of allylic oxidation sites excluding steroid dienone is 7. The van der Waals surface area contributed by atoms with Crippen LogP contribution in [0.15, 0.2) is 48.5 Å². The number of nitrogens with one attached hydrogen (secondary N) is 4. The Morgan fingerprint density at radius 3 is 1.15 bits per heavy atom. The van der Waals surface area contributed by atoms with Gasteiger partial charge in [-0.3, -0.25) is 19.2 Å². The van der Waals surface area contributed by atoms with E-state index in [9.17, 15) is 49.8 Å². The zero-order valence-corrected chi connectivity index (χ0v) is 54.8. The number of H-pyrrole nitrogens is 4. The minimum Gasteiger partial charge on any atom is -0.481 e. The maximum atomic E-state index is 12.2. The van der Waals surface area contributed by atoms with Crippen LogP contribution in [0.1, 0.15) is 209 Å². The molecule has 0 aromatic carbocycles. The Morgan fingerprint density at radius 2 is 0.705 bits per heavy atom. The second kappa shape index (κ2) is 25.4. The quantitative estimate of drug-likeness (QED) is 0.0358. The average Bonchev–Trinajstić information content (AvgIpc) is 2.65. The van der Waals surface area contributed by atoms with Gasteiger partial charge < -0.3 is 55.3 Å². The van der Waals surface area contributed by atoms with E-state index in [1.54, 1.807) is 13.8 Å². The van der Waals surface area contributed by atoms with Crippen molar-refractivity contribution in [3.05, 3.63) is 139 Å². The van der Waals surface area contributed by atoms with Crippen LogP contribution in [0.5, 0.6) is 0 Å². The summed E-state index contributed by atoms with van der Waals surface area (Å²) in [6, 6.07) is 15.3. The topological polar surface area (TPSA) is 314 Å². The third-order valence-electron chi connectivity index (χ3n) is 17.7. The summed E-state index contributed by atoms with van der Waals surface area (Å²) in [5.74, 6) is -3.82. The molecule has 0 fully saturated rings. The number of nitrogens with zero attached hydrogens (tertiary/aromatic N) is 4. The fraction of sp³-hybridized carbons (Fsp3) is 0.353. The third-order valence-corrected chi connectivity index (χ3v) is 17.7. The van der Waals surface area contributed by atoms with E-state index in [1.807, 2.05) is 118 Å². The maximum absolute atomic E-state index is 12.2. The number of aliphatic carboxylic acids is 4. The number of carboxylic acids is 4. The first-order chi connectivity index (χ1) is 41.2. The number of aromatic amines is 4. The van der Waals surface area contributed by atoms with Gasteiger partial charge in [-0.1, -0.05) is 0 Å². The van der Waals surface area contributed by atoms with E-state index < -0.39 is 48.3 Å². The first kappa shape index (κ1) is 64.1. The predicted molar refractivity (Wildman–Crippen MR) is 338 cm³/mol. The number of hydrogen-bond donors (Lipinski definition) is 10. The van der Waals surface area contributed by atoms with E-state index in [0.717, 1.165) is 83.5 Å². The van der Waals surface area contributed by atoms with E-state index in [-0.39, 0.29) is 70.8 Å². The summed E-state index contributed by atoms with van der Waals surface area (Å²) < 4.78 is 7.28. The number of carboxylic acid groups (broad SMARTS) is 4. The van der Waals surface area contributed by atoms with E-state index >= 15 is 0 Å². The Hall–Kier alpha value is -8.42. The van der Waals surface area contributed by atoms with Crippen molar-refractivity contribution in [1.29, 1.82) is 0 Å². The van der Waals surface area contributed by atoms with Gasteiger partial charge in [-0.15, -0.1) is 0 Å². The molecule has 454 valence electrons. The van der Waals surface area contributed by atoms with Gasteiger partial charge in [-0.2, -0.15) is 0 Å². The Morgan fingerprint density at radius 1 is 0.386 bits per heavy atom. The Labute approximate surface area is 521 Å². The molecular weight excluding hydrogens is 1170 g/mol. The molecule has 19 nitrogen and oxygen atoms in total. The molecule has 10 rings (SSSR count). The monoisotopic (exact) mass is 1240 g/mol. The van der Waals surface area contributed by atoms with E-state index in [1.165, 1.54) is 0 Å². The van der Waals surface area contributed by atoms with Crippen molar-refractivity contribution >= 4 is 113 Å². The maximum Gasteiger partial charge on any atom is 0.303 e. The van der Waals surface area contributed by atoms with Crippen LogP contribution in [0.4, 0.5) is 0 Å². The zero-order valence-electron chi connectivity index (χ0n) is 51.8. The number of ether oxygens (including phenoxy) is 1. The van der Waals surface area contributed by atoms with Crippen LogP contribution in [0, 0.1) is 27.7 Å². The molecule has 16 bridgehead atoms. The van der Waals surface area contributed by atoms with Gasteiger partial charge >= 0.3 is 23.9 Å². The van der Waals surface area contributed by atoms with Gasteiger partial charge in [0.05, 0.1) is 70.0 Å². The summed E-state index contributed by atoms with van der Waals surface area (Å²) in [5.41, 5.74) is 22.5. The second-order valence-corrected chi connectivity index (χ2v) is 23.4. The first-order valence-corrected chi connectivity index (χ1v) is 29.4. The molecule has 20 heteroatoms. The van der Waals surface area contributed by atoms with Gasteiger partial charge in [0.15, 0.2) is 0 Å². The largest absolute Gasteiger partial charge is 0.481 e. The summed E-state index contributed by atoms with van der Waals surface area (Å²) in [6.45, 7) is 23.0. The van der Waals surface area contributed by atoms with Crippen molar-refractivity contribution in [1.82, 2.24) is 39.9 Å². The van der Waals surface area contributed by atoms with Gasteiger partial charge in [-0.05, 0) is 224 Å². The van der Waals surface area contributed by atoms with Crippen LogP contribution in [0.2, 0.25) is 0 Å². The molecule has 4 aliphatic heterocycles. The van der Waals surface area contributed by atoms with Gasteiger partial charge in [0.1, 0.15) is 0 Å². The van der Waals surface area contributed by atoms with Gasteiger partial charge in [0.2, 0.25) is 0 Å². The molecule has 6 aromatic rings. The fourth-order valence-electron chi connectivity index (χ4n) is 13.0. The van der Waals surface area contributed by atoms with Crippen LogP contribution in [0.3, 0.4) is 0 Å². The van der Waals surface area contributed by atoms with E-state index in [0.29, 0.717) is 95.3 Å². The van der Waals surface area contributed by atoms with Crippen molar-refractivity contribution < 1.29 is 74.0 Å². The molecule has 4 aliphatic rings. The Balaban J connectivity index is 0.00000922. The van der Waals surface area contributed by atoms with E-state index in [2.05, 4.69) is 19.9 Å². The zero-order chi connectivity index (χ0) is 62.8. The third kappa shape index (κ3) is 12.4. The minimum atomic E-state index is -0.962. The summed E-state index contributed by atoms with van der Waals surface area (Å²) in [7, 11) is 0. The molecule has 88 heavy (non-hydrogen) atoms. The first-order valence-electron chi connectivity index (χ1n) is 29.4. The Bertz CT molecular complexity index is 4430. The van der Waals surface area contributed by atoms with Crippen molar-refractivity contribution in [3.63, 3.8) is 0 Å². The molecule has 0 amide bonds. The molecule has 0 aliphatic carbocycles. The summed E-state index contributed by atoms with van der Waals surface area (Å²) in [5, 5.41) is 62.2. The average molecular weight is 1240 g/mol. The number of fused-ring (bicyclic) bond motifs is 16. The van der Waals surface area contributed by atoms with Crippen molar-refractivity contribution in [2.24, 2.45) is 0 Å². The predicted octanol–water partition coefficient (Wildman–Crippen LogP) is 13.8. The number of aromatic nitrogens is 8. The number of carbonyl (C=O) groups is 4. The summed E-state index contributed by atoms with van der Waals surface area (Å²) >= 11 is 0. The number of hydrogen-bond acceptors (Lipinski definition) is 11. The molecule has 4 unspecified atom stereocenters. The SMILES string of the molecule is CC1=C(CCC(=O)O)c2cc3nc(cc4[nH]c(cc5[nH]c(cc1n2)c(C)c5C(C)OC(C)c1c(C)c2cc5nc(cc6nc(cc7[nH]c(cc1[nH]2)c(C)c7CCC(=O)O)C(CCC(=O)O)=C6C)C(C)=C5C(C)O)c(C)c4C(C)O)C(C)=C3CCC(=O)O.[Zn]. The molecule has 6 aromatic heterocycles. The van der Waals surface area contributed by atoms with Crippen molar-refractivity contribution in [2.75, 3.05) is 0 Å². The molecular formula is C68H74N8O11Zn. The molecule has 4 atom stereocenters. The van der Waals surface area contributed by atoms with Crippen LogP contribution in [-0.2, 0) is 49.8 Å². The molecule has 10 N–H and O–H groups in total. The molecule has 0 saturated carbocycles. The standard InChI is InChI=1S/C68H74N8O11.Zn/c1-29-41(13-17-61(79)80)53-28-56-44(16-20-64(85)86)32(4)48(72-56)24-59-68(36(8)52(76-59)25-58-65(37(9)77)33(5)49(73-58)21-45(29)69-53)40(12)87-39(11)67-35(7)50-22-46-30(2)42(14-18-62(81)82)54(70-46)27-55-43(15-19-63(83)84)31(3)47(71-55)23-57-66(38(10)78)34(6)51(74-57)26-60(67)75-50;/h21-28,37-40,72,74-78H,13-20H2,1-12H3,(H,79,80)(H,81,82)(H,83,84)(H,85,86);. The number of aliphatic hydroxyl groups excluding tert-OH is 2. The summed E-state index contributed by atoms with van der Waals surface area (Å²) in [6.07, 6.45) is -2.72. The van der Waals surface area contributed by atoms with Crippen molar-refractivity contribution in [3.8, 4) is 0 Å². The van der Waals surface area contributed by atoms with Crippen molar-refractivity contribution in [2.45, 2.75) is 159 Å². The van der Waals surface area contributed by atoms with Gasteiger partial charge in [-0.25, -0.2) is 19.9 Å². The molecule has 0 spiro atoms. The number of aryl methyl sites for hydroxylation is 5. The van der Waals surface area contributed by atoms with Crippen LogP contribution < -0.4 is 0 Å². The van der Waals surface area contributed by atoms with Crippen LogP contribution >= 0.6 is 0 Å². The Kier molecular flexibility index (Phi) is 18.5. The van der Waals surface area contributed by atoms with Crippen LogP contribution in [-0.4, -0.2) is 100 Å². The molecule has 10 heterocycles. The van der Waals surface area contributed by atoms with Gasteiger partial charge in [0.25, 0.3) is 0 Å². The molecule has 0 saturated heterocycles. The summed E-state index contributed by atoms with van der Waals surface area (Å²) in [4.78, 5) is 83.1. The van der Waals surface area contributed by atoms with Crippen LogP contribution in [0.25, 0.3) is 88.7 Å². The minimum absolute atomic E-state index is 0. The van der Waals surface area contributed by atoms with Gasteiger partial charge in [0, 0.05) is 112 Å². The normalized spacial score (nSPS) is 14.8.